The predicted molar refractivity (Wildman–Crippen MR) is 94.7 cm³/mol. The van der Waals surface area contributed by atoms with E-state index in [4.69, 9.17) is 5.10 Å². The number of fused-ring (bicyclic) bond motifs is 2. The smallest absolute Gasteiger partial charge is 0.224 e. The van der Waals surface area contributed by atoms with Crippen LogP contribution in [0.25, 0.3) is 0 Å². The summed E-state index contributed by atoms with van der Waals surface area (Å²) in [5.41, 5.74) is 2.33. The summed E-state index contributed by atoms with van der Waals surface area (Å²) in [4.78, 5) is 15.0. The molecule has 136 valence electrons. The molecule has 2 saturated carbocycles. The highest BCUT2D eigenvalue weighted by Gasteiger charge is 2.56. The van der Waals surface area contributed by atoms with E-state index in [9.17, 15) is 4.79 Å². The molecule has 0 bridgehead atoms. The summed E-state index contributed by atoms with van der Waals surface area (Å²) in [6, 6.07) is 2.97. The lowest BCUT2D eigenvalue weighted by molar-refractivity contribution is -0.123. The van der Waals surface area contributed by atoms with Crippen LogP contribution in [0.5, 0.6) is 0 Å². The highest BCUT2D eigenvalue weighted by molar-refractivity contribution is 5.82. The van der Waals surface area contributed by atoms with Crippen LogP contribution in [0.3, 0.4) is 0 Å². The molecule has 4 aliphatic rings. The molecule has 2 N–H and O–H groups in total. The molecule has 25 heavy (non-hydrogen) atoms. The molecule has 1 saturated heterocycles. The van der Waals surface area contributed by atoms with E-state index < -0.39 is 0 Å². The minimum atomic E-state index is 0.228. The molecular weight excluding hydrogens is 314 g/mol. The molecule has 1 aromatic rings. The highest BCUT2D eigenvalue weighted by atomic mass is 16.2. The maximum atomic E-state index is 12.3. The van der Waals surface area contributed by atoms with Crippen LogP contribution in [0.2, 0.25) is 0 Å². The van der Waals surface area contributed by atoms with Crippen LogP contribution in [-0.2, 0) is 24.4 Å². The number of carbonyl (C=O) groups is 1. The third-order valence-electron chi connectivity index (χ3n) is 6.81. The molecule has 0 spiro atoms. The maximum Gasteiger partial charge on any atom is 0.224 e. The number of hydrogen-bond donors (Lipinski definition) is 2. The van der Waals surface area contributed by atoms with Gasteiger partial charge in [-0.25, -0.2) is 0 Å². The Kier molecular flexibility index (Phi) is 4.05. The number of rotatable bonds is 4. The first kappa shape index (κ1) is 15.8. The molecule has 6 nitrogen and oxygen atoms in total. The molecule has 2 aliphatic carbocycles. The van der Waals surface area contributed by atoms with Gasteiger partial charge in [0.1, 0.15) is 0 Å². The highest BCUT2D eigenvalue weighted by Crippen LogP contribution is 2.48. The van der Waals surface area contributed by atoms with Crippen molar-refractivity contribution in [3.63, 3.8) is 0 Å². The average molecular weight is 343 g/mol. The van der Waals surface area contributed by atoms with E-state index in [0.717, 1.165) is 44.5 Å². The Balaban J connectivity index is 1.17. The molecule has 0 aromatic carbocycles. The zero-order valence-corrected chi connectivity index (χ0v) is 14.9. The van der Waals surface area contributed by atoms with E-state index in [1.54, 1.807) is 0 Å². The standard InChI is InChI=1S/C19H29N5O/c25-19(18-16-10-20-11-17(16)18)21-9-13-8-15-12-23(6-7-24(15)22-13)14-4-2-1-3-5-14/h8,14,16-18,20H,1-7,9-12H2,(H,21,25)/t16-,17+,18?. The lowest BCUT2D eigenvalue weighted by Gasteiger charge is -2.36. The van der Waals surface area contributed by atoms with Crippen molar-refractivity contribution in [2.45, 2.75) is 57.8 Å². The van der Waals surface area contributed by atoms with E-state index in [1.807, 2.05) is 0 Å². The SMILES string of the molecule is O=C(NCc1cc2n(n1)CCN(C1CCCCC1)C2)C1[C@H]2CNC[C@@H]12. The van der Waals surface area contributed by atoms with Crippen LogP contribution in [0.4, 0.5) is 0 Å². The van der Waals surface area contributed by atoms with Gasteiger partial charge in [0, 0.05) is 25.0 Å². The number of carbonyl (C=O) groups excluding carboxylic acids is 1. The van der Waals surface area contributed by atoms with Gasteiger partial charge in [-0.3, -0.25) is 14.4 Å². The van der Waals surface area contributed by atoms with Gasteiger partial charge in [0.15, 0.2) is 0 Å². The van der Waals surface area contributed by atoms with Crippen molar-refractivity contribution in [1.82, 2.24) is 25.3 Å². The normalized spacial score (nSPS) is 32.2. The number of aromatic nitrogens is 2. The van der Waals surface area contributed by atoms with Crippen LogP contribution in [0.1, 0.15) is 43.5 Å². The second kappa shape index (κ2) is 6.40. The van der Waals surface area contributed by atoms with Gasteiger partial charge in [-0.1, -0.05) is 19.3 Å². The first-order valence-corrected chi connectivity index (χ1v) is 10.1. The number of nitrogens with one attached hydrogen (secondary N) is 2. The van der Waals surface area contributed by atoms with Gasteiger partial charge < -0.3 is 10.6 Å². The molecule has 2 aliphatic heterocycles. The van der Waals surface area contributed by atoms with Crippen LogP contribution in [0, 0.1) is 17.8 Å². The van der Waals surface area contributed by atoms with Crippen molar-refractivity contribution in [1.29, 1.82) is 0 Å². The van der Waals surface area contributed by atoms with Crippen molar-refractivity contribution >= 4 is 5.91 Å². The maximum absolute atomic E-state index is 12.3. The fourth-order valence-electron chi connectivity index (χ4n) is 5.29. The van der Waals surface area contributed by atoms with Crippen LogP contribution < -0.4 is 10.6 Å². The first-order valence-electron chi connectivity index (χ1n) is 10.1. The fourth-order valence-corrected chi connectivity index (χ4v) is 5.29. The van der Waals surface area contributed by atoms with Crippen LogP contribution in [0.15, 0.2) is 6.07 Å². The topological polar surface area (TPSA) is 62.2 Å². The van der Waals surface area contributed by atoms with Crippen molar-refractivity contribution in [3.8, 4) is 0 Å². The average Bonchev–Trinajstić information content (AvgIpc) is 3.00. The predicted octanol–water partition coefficient (Wildman–Crippen LogP) is 1.11. The lowest BCUT2D eigenvalue weighted by atomic mass is 9.94. The Hall–Kier alpha value is -1.40. The van der Waals surface area contributed by atoms with Gasteiger partial charge in [0.25, 0.3) is 0 Å². The number of hydrogen-bond acceptors (Lipinski definition) is 4. The lowest BCUT2D eigenvalue weighted by Crippen LogP contribution is -2.42. The van der Waals surface area contributed by atoms with Crippen molar-refractivity contribution < 1.29 is 4.79 Å². The van der Waals surface area contributed by atoms with Crippen LogP contribution in [-0.4, -0.2) is 46.3 Å². The largest absolute Gasteiger partial charge is 0.350 e. The molecule has 6 heteroatoms. The summed E-state index contributed by atoms with van der Waals surface area (Å²) in [7, 11) is 0. The molecule has 3 fully saturated rings. The van der Waals surface area contributed by atoms with Crippen LogP contribution >= 0.6 is 0 Å². The van der Waals surface area contributed by atoms with Gasteiger partial charge in [0.05, 0.1) is 24.5 Å². The second-order valence-corrected chi connectivity index (χ2v) is 8.34. The van der Waals surface area contributed by atoms with E-state index >= 15 is 0 Å². The Morgan fingerprint density at radius 2 is 2.00 bits per heavy atom. The Bertz CT molecular complexity index is 640. The van der Waals surface area contributed by atoms with Gasteiger partial charge in [-0.05, 0) is 43.8 Å². The summed E-state index contributed by atoms with van der Waals surface area (Å²) in [6.07, 6.45) is 6.89. The van der Waals surface area contributed by atoms with Gasteiger partial charge in [-0.15, -0.1) is 0 Å². The minimum absolute atomic E-state index is 0.228. The summed E-state index contributed by atoms with van der Waals surface area (Å²) >= 11 is 0. The van der Waals surface area contributed by atoms with Crippen molar-refractivity contribution in [3.05, 3.63) is 17.5 Å². The van der Waals surface area contributed by atoms with Crippen molar-refractivity contribution in [2.75, 3.05) is 19.6 Å². The zero-order valence-electron chi connectivity index (χ0n) is 14.9. The Labute approximate surface area is 149 Å². The molecule has 1 amide bonds. The van der Waals surface area contributed by atoms with E-state index in [0.29, 0.717) is 18.4 Å². The van der Waals surface area contributed by atoms with E-state index in [-0.39, 0.29) is 11.8 Å². The molecule has 3 heterocycles. The molecule has 3 atom stereocenters. The second-order valence-electron chi connectivity index (χ2n) is 8.34. The molecule has 0 radical (unpaired) electrons. The summed E-state index contributed by atoms with van der Waals surface area (Å²) in [5, 5.41) is 11.2. The van der Waals surface area contributed by atoms with Gasteiger partial charge in [-0.2, -0.15) is 5.10 Å². The first-order chi connectivity index (χ1) is 12.3. The number of nitrogens with zero attached hydrogens (tertiary/aromatic N) is 3. The quantitative estimate of drug-likeness (QED) is 0.860. The third kappa shape index (κ3) is 2.99. The molecular formula is C19H29N5O. The minimum Gasteiger partial charge on any atom is -0.350 e. The van der Waals surface area contributed by atoms with Crippen molar-refractivity contribution in [2.24, 2.45) is 17.8 Å². The third-order valence-corrected chi connectivity index (χ3v) is 6.81. The van der Waals surface area contributed by atoms with E-state index in [2.05, 4.69) is 26.3 Å². The zero-order chi connectivity index (χ0) is 16.8. The Morgan fingerprint density at radius 3 is 2.80 bits per heavy atom. The summed E-state index contributed by atoms with van der Waals surface area (Å²) < 4.78 is 2.15. The monoisotopic (exact) mass is 343 g/mol. The van der Waals surface area contributed by atoms with Gasteiger partial charge >= 0.3 is 0 Å². The number of amides is 1. The number of piperidine rings is 1. The fraction of sp³-hybridized carbons (Fsp3) is 0.789. The molecule has 1 aromatic heterocycles. The van der Waals surface area contributed by atoms with E-state index in [1.165, 1.54) is 37.8 Å². The summed E-state index contributed by atoms with van der Waals surface area (Å²) in [6.45, 7) is 5.72. The van der Waals surface area contributed by atoms with Gasteiger partial charge in [0.2, 0.25) is 5.91 Å². The molecule has 5 rings (SSSR count). The molecule has 1 unspecified atom stereocenters. The Morgan fingerprint density at radius 1 is 1.20 bits per heavy atom. The summed E-state index contributed by atoms with van der Waals surface area (Å²) in [5.74, 6) is 1.64.